The number of anilines is 6. The van der Waals surface area contributed by atoms with Gasteiger partial charge in [0.25, 0.3) is 41.4 Å². The first kappa shape index (κ1) is 117. The number of aromatic nitrogens is 1. The molecule has 0 spiro atoms. The summed E-state index contributed by atoms with van der Waals surface area (Å²) in [4.78, 5) is 135. The lowest BCUT2D eigenvalue weighted by molar-refractivity contribution is -0.131. The molecule has 8 amide bonds. The molecular weight excluding hydrogens is 2000 g/mol. The lowest BCUT2D eigenvalue weighted by Crippen LogP contribution is -2.18. The fourth-order valence-corrected chi connectivity index (χ4v) is 14.5. The van der Waals surface area contributed by atoms with Gasteiger partial charge in [0.1, 0.15) is 34.5 Å². The number of primary amides is 1. The third-order valence-electron chi connectivity index (χ3n) is 19.3. The van der Waals surface area contributed by atoms with Gasteiger partial charge in [-0.25, -0.2) is 9.59 Å². The highest BCUT2D eigenvalue weighted by Crippen LogP contribution is 2.35. The first-order valence-electron chi connectivity index (χ1n) is 44.1. The molecule has 0 aliphatic carbocycles. The summed E-state index contributed by atoms with van der Waals surface area (Å²) in [6.07, 6.45) is 5.90. The molecule has 1 aromatic heterocycles. The maximum absolute atomic E-state index is 12.6. The van der Waals surface area contributed by atoms with Crippen molar-refractivity contribution in [2.75, 3.05) is 38.9 Å². The van der Waals surface area contributed by atoms with Gasteiger partial charge in [-0.3, -0.25) is 48.1 Å². The van der Waals surface area contributed by atoms with Crippen LogP contribution in [0.5, 0.6) is 34.5 Å². The Labute approximate surface area is 867 Å². The van der Waals surface area contributed by atoms with E-state index in [0.29, 0.717) is 78.8 Å². The topological polar surface area (TPSA) is 475 Å². The molecule has 0 saturated heterocycles. The van der Waals surface area contributed by atoms with Gasteiger partial charge in [-0.1, -0.05) is 186 Å². The van der Waals surface area contributed by atoms with E-state index in [1.807, 2.05) is 19.9 Å². The number of halogens is 8. The number of carbonyl (C=O) groups excluding carboxylic acids is 10. The molecule has 0 bridgehead atoms. The van der Waals surface area contributed by atoms with Crippen molar-refractivity contribution in [3.8, 4) is 40.6 Å². The van der Waals surface area contributed by atoms with Crippen LogP contribution in [0.15, 0.2) is 219 Å². The quantitative estimate of drug-likeness (QED) is 0.0177. The molecule has 0 radical (unpaired) electrons. The summed E-state index contributed by atoms with van der Waals surface area (Å²) in [7, 11) is 1.53. The van der Waals surface area contributed by atoms with Crippen LogP contribution in [0.4, 0.5) is 34.1 Å². The van der Waals surface area contributed by atoms with Crippen LogP contribution in [0.1, 0.15) is 221 Å². The predicted octanol–water partition coefficient (Wildman–Crippen LogP) is 25.1. The number of aromatic carboxylic acids is 1. The Balaban J connectivity index is 0.000000262. The molecule has 0 aliphatic rings. The number of carboxylic acid groups (broad SMARTS) is 1. The smallest absolute Gasteiger partial charge is 0.338 e. The first-order valence-corrected chi connectivity index (χ1v) is 47.1. The van der Waals surface area contributed by atoms with Gasteiger partial charge >= 0.3 is 17.9 Å². The number of hydrogen-bond donors (Lipinski definition) is 14. The number of carbonyl (C=O) groups is 11. The Bertz CT molecular complexity index is 6690. The summed E-state index contributed by atoms with van der Waals surface area (Å²) in [6.45, 7) is 25.4. The van der Waals surface area contributed by atoms with E-state index in [0.717, 1.165) is 47.9 Å². The number of amides is 8. The van der Waals surface area contributed by atoms with E-state index in [1.165, 1.54) is 154 Å². The van der Waals surface area contributed by atoms with Gasteiger partial charge in [-0.05, 0) is 267 Å². The van der Waals surface area contributed by atoms with Crippen molar-refractivity contribution in [1.29, 1.82) is 5.26 Å². The van der Waals surface area contributed by atoms with Crippen LogP contribution in [0.2, 0.25) is 40.2 Å². The summed E-state index contributed by atoms with van der Waals surface area (Å²) in [5.41, 5.74) is 13.3. The van der Waals surface area contributed by atoms with Crippen molar-refractivity contribution in [2.45, 2.75) is 122 Å². The Hall–Kier alpha value is -14.5. The number of hydrogen-bond acceptors (Lipinski definition) is 20. The van der Waals surface area contributed by atoms with Crippen LogP contribution in [0.3, 0.4) is 0 Å². The van der Waals surface area contributed by atoms with E-state index in [1.54, 1.807) is 92.7 Å². The molecule has 0 saturated carbocycles. The molecular formula is C106H106Cl8N10O19. The first-order chi connectivity index (χ1) is 67.5. The number of benzene rings is 11. The second kappa shape index (κ2) is 56.9. The van der Waals surface area contributed by atoms with Gasteiger partial charge in [0, 0.05) is 47.5 Å². The monoisotopic (exact) mass is 2100 g/mol. The summed E-state index contributed by atoms with van der Waals surface area (Å²) < 4.78 is 10.1. The zero-order valence-electron chi connectivity index (χ0n) is 80.0. The maximum atomic E-state index is 12.6. The third kappa shape index (κ3) is 37.5. The average molecular weight is 2110 g/mol. The minimum atomic E-state index is -1.14. The Morgan fingerprint density at radius 1 is 0.364 bits per heavy atom. The normalized spacial score (nSPS) is 10.4. The van der Waals surface area contributed by atoms with Gasteiger partial charge in [-0.2, -0.15) is 5.26 Å². The highest BCUT2D eigenvalue weighted by Gasteiger charge is 2.24. The Morgan fingerprint density at radius 2 is 0.664 bits per heavy atom. The van der Waals surface area contributed by atoms with Gasteiger partial charge in [0.2, 0.25) is 5.91 Å². The van der Waals surface area contributed by atoms with Gasteiger partial charge < -0.3 is 83.1 Å². The number of phenols is 5. The highest BCUT2D eigenvalue weighted by atomic mass is 35.5. The number of phenolic OH excluding ortho intramolecular Hbond substituents is 5. The summed E-state index contributed by atoms with van der Waals surface area (Å²) >= 11 is 47.9. The van der Waals surface area contributed by atoms with E-state index >= 15 is 0 Å². The van der Waals surface area contributed by atoms with Crippen LogP contribution < -0.4 is 47.7 Å². The van der Waals surface area contributed by atoms with E-state index in [4.69, 9.17) is 118 Å². The lowest BCUT2D eigenvalue weighted by Gasteiger charge is -2.12. The molecule has 750 valence electrons. The van der Waals surface area contributed by atoms with E-state index in [9.17, 15) is 78.3 Å². The molecule has 0 fully saturated rings. The van der Waals surface area contributed by atoms with Crippen molar-refractivity contribution in [3.63, 3.8) is 0 Å². The number of carboxylic acids is 1. The summed E-state index contributed by atoms with van der Waals surface area (Å²) in [6, 6.07) is 53.9. The van der Waals surface area contributed by atoms with Crippen LogP contribution in [0, 0.1) is 35.0 Å². The molecule has 0 atom stereocenters. The Morgan fingerprint density at radius 3 is 0.993 bits per heavy atom. The fourth-order valence-electron chi connectivity index (χ4n) is 12.8. The predicted molar refractivity (Wildman–Crippen MR) is 562 cm³/mol. The number of ether oxygens (including phenoxy) is 2. The highest BCUT2D eigenvalue weighted by molar-refractivity contribution is 6.37. The third-order valence-corrected chi connectivity index (χ3v) is 21.6. The lowest BCUT2D eigenvalue weighted by atomic mass is 10.00. The van der Waals surface area contributed by atoms with Crippen LogP contribution in [-0.2, 0) is 35.2 Å². The number of esters is 2. The second-order valence-corrected chi connectivity index (χ2v) is 36.4. The molecule has 0 unspecified atom stereocenters. The zero-order chi connectivity index (χ0) is 107. The Kier molecular flexibility index (Phi) is 46.6. The zero-order valence-corrected chi connectivity index (χ0v) is 86.0. The number of aromatic hydroxyl groups is 5. The number of rotatable bonds is 26. The van der Waals surface area contributed by atoms with Crippen molar-refractivity contribution in [1.82, 2.24) is 10.3 Å². The molecule has 12 aromatic rings. The van der Waals surface area contributed by atoms with Crippen molar-refractivity contribution >= 4 is 192 Å². The van der Waals surface area contributed by atoms with Gasteiger partial charge in [0.15, 0.2) is 0 Å². The van der Waals surface area contributed by atoms with Gasteiger partial charge in [0.05, 0.1) is 127 Å². The largest absolute Gasteiger partial charge is 0.507 e. The minimum absolute atomic E-state index is 0.0126. The van der Waals surface area contributed by atoms with Crippen molar-refractivity contribution in [2.24, 2.45) is 29.4 Å². The fraction of sp³-hybridized carbons (Fsp3) is 0.217. The van der Waals surface area contributed by atoms with E-state index in [2.05, 4.69) is 97.6 Å². The SMILES string of the molecule is CC.CC(=O)Oc1ccc(Cl)cc1C(=O)Nc1ccc(C(=O)O)cc1Cl.CC(C)Cc1ccc(O)c(C(=O)Nc2ccc(C#N)cc2Cl)c1.CC(C)Cc1ccc(O)c(C(=O)Nc2ccc(C(=O)OC(C)C)cc2Cl)c1.CC(C)Cc1ccc(O)c(C(=O)Nc2ccc(C(N)=O)cc2Cl)c1.CNC(=O)c1ccc(NC(=O)c2cc(CC(C)C)ccc2O)c(Cl)c1.O=C(Nc1ccncc1Cl)c1cc(Cl)ccc1O. The van der Waals surface area contributed by atoms with E-state index in [-0.39, 0.29) is 127 Å². The summed E-state index contributed by atoms with van der Waals surface area (Å²) in [5, 5.41) is 87.4. The molecule has 12 rings (SSSR count). The number of nitriles is 1. The number of nitrogens with one attached hydrogen (secondary N) is 7. The molecule has 29 nitrogen and oxygen atoms in total. The standard InChI is InChI=1S/C21H24ClNO4.C19H21ClN2O3.C18H19ClN2O3.C18H17ClN2O2.C16H11Cl2NO5.C12H8Cl2N2O2.C2H6/c1-12(2)9-14-5-8-19(24)16(10-14)20(25)23-18-7-6-15(11-17(18)22)21(26)27-13(3)4;1-11(2)8-12-4-7-17(23)14(9-12)19(25)22-16-6-5-13(10-15(16)20)18(24)21-3;1-10(2)7-11-3-6-16(22)13(8-11)18(24)21-15-5-4-12(17(20)23)9-14(15)19;1-11(2)7-12-4-6-17(22)14(8-12)18(23)21-16-5-3-13(10-20)9-15(16)19;1-8(20)24-14-5-3-10(17)7-11(14)15(21)19-13-4-2-9(16(22)23)6-12(13)18;13-7-1-2-11(17)8(5-7)12(18)16-10-3-4-15-6-9(10)14;1-2/h5-8,10-13,24H,9H2,1-4H3,(H,23,25);4-7,9-11,23H,8H2,1-3H3,(H,21,24)(H,22,25);3-6,8-10,22H,7H2,1-2H3,(H2,20,23)(H,21,24);3-6,8-9,11,22H,7H2,1-2H3,(H,21,23);2-7H,1H3,(H,19,21)(H,22,23);1-6,17H,(H,15,16,18);1-2H3. The second-order valence-electron chi connectivity index (χ2n) is 33.1. The van der Waals surface area contributed by atoms with Crippen molar-refractivity contribution < 1.29 is 92.9 Å². The van der Waals surface area contributed by atoms with Crippen LogP contribution in [0.25, 0.3) is 0 Å². The summed E-state index contributed by atoms with van der Waals surface area (Å²) in [5.74, 6) is -4.79. The van der Waals surface area contributed by atoms with Crippen LogP contribution >= 0.6 is 92.8 Å². The molecule has 15 N–H and O–H groups in total. The number of nitrogens with zero attached hydrogens (tertiary/aromatic N) is 2. The maximum Gasteiger partial charge on any atom is 0.338 e. The number of nitrogens with two attached hydrogens (primary N) is 1. The molecule has 0 aliphatic heterocycles. The molecule has 37 heteroatoms. The molecule has 143 heavy (non-hydrogen) atoms. The average Bonchev–Trinajstić information content (AvgIpc) is 0.833. The van der Waals surface area contributed by atoms with Gasteiger partial charge in [-0.15, -0.1) is 0 Å². The molecule has 11 aromatic carbocycles. The van der Waals surface area contributed by atoms with Crippen LogP contribution in [-0.4, -0.2) is 114 Å². The minimum Gasteiger partial charge on any atom is -0.507 e. The number of pyridine rings is 1. The van der Waals surface area contributed by atoms with Crippen molar-refractivity contribution in [3.05, 3.63) is 342 Å². The van der Waals surface area contributed by atoms with E-state index < -0.39 is 59.3 Å². The molecule has 1 heterocycles.